The zero-order valence-electron chi connectivity index (χ0n) is 9.36. The van der Waals surface area contributed by atoms with E-state index in [2.05, 4.69) is 10.3 Å². The number of aromatic nitrogens is 1. The van der Waals surface area contributed by atoms with E-state index < -0.39 is 4.92 Å². The zero-order chi connectivity index (χ0) is 12.3. The molecule has 0 radical (unpaired) electrons. The van der Waals surface area contributed by atoms with Crippen LogP contribution in [0.4, 0.5) is 11.5 Å². The van der Waals surface area contributed by atoms with Gasteiger partial charge in [0.15, 0.2) is 0 Å². The Morgan fingerprint density at radius 3 is 2.88 bits per heavy atom. The third-order valence-electron chi connectivity index (χ3n) is 3.06. The molecular formula is C11H14ClN3O2. The fraction of sp³-hybridized carbons (Fsp3) is 0.545. The molecule has 0 aromatic carbocycles. The molecule has 2 rings (SSSR count). The topological polar surface area (TPSA) is 68.1 Å². The second-order valence-corrected chi connectivity index (χ2v) is 4.75. The first-order chi connectivity index (χ1) is 8.16. The predicted octanol–water partition coefficient (Wildman–Crippen LogP) is 3.25. The minimum absolute atomic E-state index is 0.0597. The maximum atomic E-state index is 10.8. The van der Waals surface area contributed by atoms with Crippen molar-refractivity contribution in [2.45, 2.75) is 25.7 Å². The summed E-state index contributed by atoms with van der Waals surface area (Å²) in [5, 5.41) is 14.2. The van der Waals surface area contributed by atoms with Crippen LogP contribution in [-0.2, 0) is 0 Å². The Labute approximate surface area is 104 Å². The second kappa shape index (κ2) is 5.31. The van der Waals surface area contributed by atoms with Gasteiger partial charge in [-0.15, -0.1) is 0 Å². The van der Waals surface area contributed by atoms with Gasteiger partial charge in [0.2, 0.25) is 5.82 Å². The van der Waals surface area contributed by atoms with Gasteiger partial charge in [0.25, 0.3) is 0 Å². The quantitative estimate of drug-likeness (QED) is 0.662. The SMILES string of the molecule is O=[N+]([O-])c1cc(Cl)cnc1NCC1CCCC1. The molecule has 1 aliphatic rings. The number of anilines is 1. The fourth-order valence-electron chi connectivity index (χ4n) is 2.16. The second-order valence-electron chi connectivity index (χ2n) is 4.31. The maximum Gasteiger partial charge on any atom is 0.312 e. The lowest BCUT2D eigenvalue weighted by Gasteiger charge is -2.11. The molecule has 0 bridgehead atoms. The molecule has 0 amide bonds. The number of pyridine rings is 1. The molecule has 1 N–H and O–H groups in total. The average Bonchev–Trinajstić information content (AvgIpc) is 2.80. The molecule has 1 fully saturated rings. The number of hydrogen-bond donors (Lipinski definition) is 1. The average molecular weight is 256 g/mol. The van der Waals surface area contributed by atoms with E-state index in [9.17, 15) is 10.1 Å². The molecule has 0 aliphatic heterocycles. The summed E-state index contributed by atoms with van der Waals surface area (Å²) in [6, 6.07) is 1.32. The smallest absolute Gasteiger partial charge is 0.312 e. The van der Waals surface area contributed by atoms with Crippen LogP contribution in [0.2, 0.25) is 5.02 Å². The normalized spacial score (nSPS) is 16.1. The van der Waals surface area contributed by atoms with Crippen LogP contribution in [0.15, 0.2) is 12.3 Å². The summed E-state index contributed by atoms with van der Waals surface area (Å²) in [5.74, 6) is 0.915. The van der Waals surface area contributed by atoms with Gasteiger partial charge in [0.1, 0.15) is 0 Å². The first-order valence-corrected chi connectivity index (χ1v) is 6.08. The van der Waals surface area contributed by atoms with Gasteiger partial charge < -0.3 is 5.32 Å². The van der Waals surface area contributed by atoms with E-state index in [0.29, 0.717) is 11.7 Å². The van der Waals surface area contributed by atoms with Crippen LogP contribution in [0, 0.1) is 16.0 Å². The van der Waals surface area contributed by atoms with Crippen molar-refractivity contribution < 1.29 is 4.92 Å². The molecular weight excluding hydrogens is 242 g/mol. The summed E-state index contributed by atoms with van der Waals surface area (Å²) in [6.07, 6.45) is 6.30. The van der Waals surface area contributed by atoms with E-state index in [1.54, 1.807) is 0 Å². The van der Waals surface area contributed by atoms with Crippen LogP contribution >= 0.6 is 11.6 Å². The molecule has 1 aromatic rings. The third kappa shape index (κ3) is 3.06. The Hall–Kier alpha value is -1.36. The molecule has 6 heteroatoms. The number of halogens is 1. The minimum Gasteiger partial charge on any atom is -0.364 e. The molecule has 92 valence electrons. The van der Waals surface area contributed by atoms with Crippen molar-refractivity contribution in [3.05, 3.63) is 27.4 Å². The van der Waals surface area contributed by atoms with E-state index in [0.717, 1.165) is 6.54 Å². The Kier molecular flexibility index (Phi) is 3.78. The zero-order valence-corrected chi connectivity index (χ0v) is 10.1. The molecule has 1 aliphatic carbocycles. The van der Waals surface area contributed by atoms with Crippen LogP contribution in [0.25, 0.3) is 0 Å². The van der Waals surface area contributed by atoms with Crippen LogP contribution in [0.3, 0.4) is 0 Å². The first-order valence-electron chi connectivity index (χ1n) is 5.70. The van der Waals surface area contributed by atoms with Gasteiger partial charge in [0, 0.05) is 18.8 Å². The van der Waals surface area contributed by atoms with Crippen molar-refractivity contribution in [3.63, 3.8) is 0 Å². The van der Waals surface area contributed by atoms with Crippen molar-refractivity contribution in [1.29, 1.82) is 0 Å². The Balaban J connectivity index is 2.06. The summed E-state index contributed by atoms with van der Waals surface area (Å²) in [4.78, 5) is 14.4. The predicted molar refractivity (Wildman–Crippen MR) is 66.3 cm³/mol. The van der Waals surface area contributed by atoms with Gasteiger partial charge in [0.05, 0.1) is 9.95 Å². The summed E-state index contributed by atoms with van der Waals surface area (Å²) < 4.78 is 0. The van der Waals surface area contributed by atoms with Crippen LogP contribution in [0.5, 0.6) is 0 Å². The number of rotatable bonds is 4. The van der Waals surface area contributed by atoms with Crippen molar-refractivity contribution >= 4 is 23.1 Å². The molecule has 1 heterocycles. The minimum atomic E-state index is -0.462. The van der Waals surface area contributed by atoms with E-state index in [4.69, 9.17) is 11.6 Å². The number of nitrogens with one attached hydrogen (secondary N) is 1. The highest BCUT2D eigenvalue weighted by Crippen LogP contribution is 2.28. The van der Waals surface area contributed by atoms with Crippen LogP contribution in [0.1, 0.15) is 25.7 Å². The molecule has 0 atom stereocenters. The lowest BCUT2D eigenvalue weighted by molar-refractivity contribution is -0.384. The molecule has 1 saturated carbocycles. The lowest BCUT2D eigenvalue weighted by atomic mass is 10.1. The molecule has 5 nitrogen and oxygen atoms in total. The fourth-order valence-corrected chi connectivity index (χ4v) is 2.31. The van der Waals surface area contributed by atoms with Crippen molar-refractivity contribution in [3.8, 4) is 0 Å². The molecule has 17 heavy (non-hydrogen) atoms. The summed E-state index contributed by atoms with van der Waals surface area (Å²) in [7, 11) is 0. The van der Waals surface area contributed by atoms with E-state index in [-0.39, 0.29) is 10.7 Å². The molecule has 0 saturated heterocycles. The number of hydrogen-bond acceptors (Lipinski definition) is 4. The van der Waals surface area contributed by atoms with Crippen molar-refractivity contribution in [1.82, 2.24) is 4.98 Å². The Morgan fingerprint density at radius 1 is 1.53 bits per heavy atom. The monoisotopic (exact) mass is 255 g/mol. The number of nitrogens with zero attached hydrogens (tertiary/aromatic N) is 2. The molecule has 0 unspecified atom stereocenters. The standard InChI is InChI=1S/C11H14ClN3O2/c12-9-5-10(15(16)17)11(14-7-9)13-6-8-3-1-2-4-8/h5,7-8H,1-4,6H2,(H,13,14). The first kappa shape index (κ1) is 12.1. The van der Waals surface area contributed by atoms with E-state index >= 15 is 0 Å². The third-order valence-corrected chi connectivity index (χ3v) is 3.27. The van der Waals surface area contributed by atoms with Gasteiger partial charge in [-0.25, -0.2) is 4.98 Å². The number of nitro groups is 1. The highest BCUT2D eigenvalue weighted by atomic mass is 35.5. The van der Waals surface area contributed by atoms with Gasteiger partial charge in [-0.1, -0.05) is 24.4 Å². The van der Waals surface area contributed by atoms with Crippen LogP contribution < -0.4 is 5.32 Å². The van der Waals surface area contributed by atoms with Gasteiger partial charge in [-0.3, -0.25) is 10.1 Å². The maximum absolute atomic E-state index is 10.8. The summed E-state index contributed by atoms with van der Waals surface area (Å²) in [6.45, 7) is 0.746. The summed E-state index contributed by atoms with van der Waals surface area (Å²) >= 11 is 5.69. The lowest BCUT2D eigenvalue weighted by Crippen LogP contribution is -2.13. The summed E-state index contributed by atoms with van der Waals surface area (Å²) in [5.41, 5.74) is -0.0597. The van der Waals surface area contributed by atoms with Gasteiger partial charge >= 0.3 is 5.69 Å². The highest BCUT2D eigenvalue weighted by Gasteiger charge is 2.19. The van der Waals surface area contributed by atoms with E-state index in [1.165, 1.54) is 37.9 Å². The van der Waals surface area contributed by atoms with Gasteiger partial charge in [-0.05, 0) is 18.8 Å². The Morgan fingerprint density at radius 2 is 2.24 bits per heavy atom. The Bertz CT molecular complexity index is 419. The largest absolute Gasteiger partial charge is 0.364 e. The van der Waals surface area contributed by atoms with Crippen molar-refractivity contribution in [2.75, 3.05) is 11.9 Å². The van der Waals surface area contributed by atoms with Crippen LogP contribution in [-0.4, -0.2) is 16.5 Å². The molecule has 1 aromatic heterocycles. The molecule has 0 spiro atoms. The van der Waals surface area contributed by atoms with Gasteiger partial charge in [-0.2, -0.15) is 0 Å². The highest BCUT2D eigenvalue weighted by molar-refractivity contribution is 6.30. The van der Waals surface area contributed by atoms with E-state index in [1.807, 2.05) is 0 Å². The van der Waals surface area contributed by atoms with Crippen molar-refractivity contribution in [2.24, 2.45) is 5.92 Å².